The molecule has 2 aromatic rings. The van der Waals surface area contributed by atoms with Crippen molar-refractivity contribution in [2.75, 3.05) is 0 Å². The summed E-state index contributed by atoms with van der Waals surface area (Å²) in [5.41, 5.74) is 5.98. The number of nitrogens with two attached hydrogens (primary N) is 1. The Labute approximate surface area is 108 Å². The molecular formula is C13H11FN3O2+. The number of nitrogens with one attached hydrogen (secondary N) is 1. The molecule has 0 spiro atoms. The second kappa shape index (κ2) is 5.72. The van der Waals surface area contributed by atoms with E-state index in [0.29, 0.717) is 5.56 Å². The Bertz CT molecular complexity index is 614. The number of nitrogens with zero attached hydrogens (tertiary/aromatic N) is 1. The first-order chi connectivity index (χ1) is 9.18. The number of rotatable bonds is 3. The van der Waals surface area contributed by atoms with Crippen LogP contribution >= 0.6 is 0 Å². The molecule has 0 saturated carbocycles. The molecule has 5 nitrogen and oxygen atoms in total. The van der Waals surface area contributed by atoms with Gasteiger partial charge < -0.3 is 10.6 Å². The molecule has 1 heterocycles. The number of hydrogen-bond donors (Lipinski definition) is 1. The number of H-pyrrole nitrogens is 1. The van der Waals surface area contributed by atoms with Gasteiger partial charge in [-0.3, -0.25) is 0 Å². The number of benzene rings is 1. The van der Waals surface area contributed by atoms with Crippen LogP contribution in [0.1, 0.15) is 15.9 Å². The van der Waals surface area contributed by atoms with Crippen molar-refractivity contribution in [1.29, 1.82) is 0 Å². The van der Waals surface area contributed by atoms with Crippen LogP contribution in [-0.4, -0.2) is 11.8 Å². The first-order valence-corrected chi connectivity index (χ1v) is 5.44. The van der Waals surface area contributed by atoms with Crippen LogP contribution in [0.4, 0.5) is 4.39 Å². The van der Waals surface area contributed by atoms with Crippen molar-refractivity contribution in [2.45, 2.75) is 0 Å². The van der Waals surface area contributed by atoms with Gasteiger partial charge in [0.05, 0.1) is 11.1 Å². The second-order valence-corrected chi connectivity index (χ2v) is 3.63. The third-order valence-corrected chi connectivity index (χ3v) is 2.32. The minimum absolute atomic E-state index is 0.0153. The highest BCUT2D eigenvalue weighted by atomic mass is 19.1. The molecule has 1 aromatic heterocycles. The van der Waals surface area contributed by atoms with Gasteiger partial charge in [-0.25, -0.2) is 14.2 Å². The quantitative estimate of drug-likeness (QED) is 0.388. The summed E-state index contributed by atoms with van der Waals surface area (Å²) in [5, 5.41) is 3.47. The zero-order valence-corrected chi connectivity index (χ0v) is 9.84. The van der Waals surface area contributed by atoms with Crippen molar-refractivity contribution in [2.24, 2.45) is 10.9 Å². The van der Waals surface area contributed by atoms with Crippen LogP contribution < -0.4 is 10.7 Å². The Balaban J connectivity index is 2.11. The third kappa shape index (κ3) is 3.12. The Hall–Kier alpha value is -2.76. The first-order valence-electron chi connectivity index (χ1n) is 5.44. The predicted molar refractivity (Wildman–Crippen MR) is 65.5 cm³/mol. The highest BCUT2D eigenvalue weighted by molar-refractivity contribution is 5.97. The fourth-order valence-corrected chi connectivity index (χ4v) is 1.37. The molecule has 0 amide bonds. The summed E-state index contributed by atoms with van der Waals surface area (Å²) in [7, 11) is 0. The van der Waals surface area contributed by atoms with Crippen LogP contribution in [0.5, 0.6) is 0 Å². The highest BCUT2D eigenvalue weighted by Crippen LogP contribution is 2.08. The maximum absolute atomic E-state index is 13.3. The minimum atomic E-state index is -0.902. The van der Waals surface area contributed by atoms with Crippen LogP contribution in [0.15, 0.2) is 53.9 Å². The van der Waals surface area contributed by atoms with E-state index in [1.165, 1.54) is 18.2 Å². The molecule has 0 unspecified atom stereocenters. The molecule has 3 N–H and O–H groups in total. The number of amidine groups is 1. The number of hydrogen-bond acceptors (Lipinski definition) is 3. The highest BCUT2D eigenvalue weighted by Gasteiger charge is 2.13. The maximum atomic E-state index is 13.3. The van der Waals surface area contributed by atoms with E-state index < -0.39 is 11.8 Å². The van der Waals surface area contributed by atoms with Crippen molar-refractivity contribution >= 4 is 11.8 Å². The molecule has 6 heteroatoms. The van der Waals surface area contributed by atoms with Crippen LogP contribution in [0.2, 0.25) is 0 Å². The number of carbonyl (C=O) groups excluding carboxylic acids is 1. The number of halogens is 1. The summed E-state index contributed by atoms with van der Waals surface area (Å²) in [6, 6.07) is 8.88. The normalized spacial score (nSPS) is 11.1. The molecular weight excluding hydrogens is 249 g/mol. The van der Waals surface area contributed by atoms with Crippen molar-refractivity contribution in [1.82, 2.24) is 0 Å². The van der Waals surface area contributed by atoms with E-state index in [1.807, 2.05) is 0 Å². The molecule has 19 heavy (non-hydrogen) atoms. The Kier molecular flexibility index (Phi) is 3.82. The average Bonchev–Trinajstić information content (AvgIpc) is 2.46. The van der Waals surface area contributed by atoms with E-state index in [4.69, 9.17) is 5.73 Å². The van der Waals surface area contributed by atoms with E-state index >= 15 is 0 Å². The zero-order chi connectivity index (χ0) is 13.7. The van der Waals surface area contributed by atoms with Gasteiger partial charge in [-0.1, -0.05) is 17.3 Å². The Morgan fingerprint density at radius 1 is 1.26 bits per heavy atom. The molecule has 1 aromatic carbocycles. The second-order valence-electron chi connectivity index (χ2n) is 3.63. The number of aromatic nitrogens is 1. The number of oxime groups is 1. The van der Waals surface area contributed by atoms with Crippen molar-refractivity contribution in [3.05, 3.63) is 65.7 Å². The smallest absolute Gasteiger partial charge is 0.368 e. The van der Waals surface area contributed by atoms with Gasteiger partial charge in [0, 0.05) is 6.07 Å². The fraction of sp³-hybridized carbons (Fsp3) is 0. The standard InChI is InChI=1S/C13H10FN3O2/c14-11-6-2-1-5-10(11)13(18)19-17-12(15)9-4-3-7-16-8-9/h1-8H,(H2,15,17)/p+1. The lowest BCUT2D eigenvalue weighted by molar-refractivity contribution is -0.378. The molecule has 2 rings (SSSR count). The summed E-state index contributed by atoms with van der Waals surface area (Å²) in [4.78, 5) is 19.0. The van der Waals surface area contributed by atoms with Crippen LogP contribution in [0.3, 0.4) is 0 Å². The maximum Gasteiger partial charge on any atom is 0.368 e. The first kappa shape index (κ1) is 12.7. The van der Waals surface area contributed by atoms with Gasteiger partial charge in [-0.2, -0.15) is 0 Å². The van der Waals surface area contributed by atoms with Gasteiger partial charge >= 0.3 is 5.97 Å². The monoisotopic (exact) mass is 260 g/mol. The average molecular weight is 260 g/mol. The van der Waals surface area contributed by atoms with E-state index in [0.717, 1.165) is 6.07 Å². The molecule has 0 aliphatic carbocycles. The van der Waals surface area contributed by atoms with Crippen molar-refractivity contribution in [3.8, 4) is 0 Å². The van der Waals surface area contributed by atoms with Crippen LogP contribution in [0, 0.1) is 5.82 Å². The summed E-state index contributed by atoms with van der Waals surface area (Å²) < 4.78 is 13.3. The molecule has 0 aliphatic heterocycles. The number of carbonyl (C=O) groups is 1. The third-order valence-electron chi connectivity index (χ3n) is 2.32. The van der Waals surface area contributed by atoms with E-state index in [9.17, 15) is 9.18 Å². The number of pyridine rings is 1. The van der Waals surface area contributed by atoms with Gasteiger partial charge in [-0.05, 0) is 18.2 Å². The van der Waals surface area contributed by atoms with E-state index in [1.54, 1.807) is 24.5 Å². The summed E-state index contributed by atoms with van der Waals surface area (Å²) >= 11 is 0. The topological polar surface area (TPSA) is 78.8 Å². The van der Waals surface area contributed by atoms with Gasteiger partial charge in [-0.15, -0.1) is 0 Å². The Morgan fingerprint density at radius 3 is 2.74 bits per heavy atom. The Morgan fingerprint density at radius 2 is 2.05 bits per heavy atom. The number of aromatic amines is 1. The molecule has 0 saturated heterocycles. The molecule has 0 bridgehead atoms. The zero-order valence-electron chi connectivity index (χ0n) is 9.84. The minimum Gasteiger partial charge on any atom is -0.380 e. The van der Waals surface area contributed by atoms with Gasteiger partial charge in [0.1, 0.15) is 5.82 Å². The molecule has 96 valence electrons. The molecule has 0 radical (unpaired) electrons. The fourth-order valence-electron chi connectivity index (χ4n) is 1.37. The summed E-state index contributed by atoms with van der Waals surface area (Å²) in [5.74, 6) is -1.56. The van der Waals surface area contributed by atoms with Gasteiger partial charge in [0.15, 0.2) is 18.2 Å². The lowest BCUT2D eigenvalue weighted by atomic mass is 10.2. The molecule has 0 aliphatic rings. The van der Waals surface area contributed by atoms with Gasteiger partial charge in [0.2, 0.25) is 0 Å². The summed E-state index contributed by atoms with van der Waals surface area (Å²) in [6.07, 6.45) is 3.29. The molecule has 0 fully saturated rings. The van der Waals surface area contributed by atoms with E-state index in [2.05, 4.69) is 15.0 Å². The van der Waals surface area contributed by atoms with Crippen molar-refractivity contribution < 1.29 is 19.0 Å². The summed E-state index contributed by atoms with van der Waals surface area (Å²) in [6.45, 7) is 0. The van der Waals surface area contributed by atoms with Crippen LogP contribution in [0.25, 0.3) is 0 Å². The van der Waals surface area contributed by atoms with E-state index in [-0.39, 0.29) is 11.4 Å². The lowest BCUT2D eigenvalue weighted by Gasteiger charge is -2.00. The van der Waals surface area contributed by atoms with Gasteiger partial charge in [0.25, 0.3) is 0 Å². The lowest BCUT2D eigenvalue weighted by Crippen LogP contribution is -2.17. The SMILES string of the molecule is NC(=NOC(=O)c1ccccc1F)c1ccc[nH+]c1. The van der Waals surface area contributed by atoms with Crippen LogP contribution in [-0.2, 0) is 4.84 Å². The predicted octanol–water partition coefficient (Wildman–Crippen LogP) is 1.12. The molecule has 0 atom stereocenters. The largest absolute Gasteiger partial charge is 0.380 e. The van der Waals surface area contributed by atoms with Crippen molar-refractivity contribution in [3.63, 3.8) is 0 Å².